The number of esters is 1. The third-order valence-corrected chi connectivity index (χ3v) is 3.63. The van der Waals surface area contributed by atoms with Gasteiger partial charge >= 0.3 is 5.97 Å². The van der Waals surface area contributed by atoms with E-state index in [-0.39, 0.29) is 35.1 Å². The minimum absolute atomic E-state index is 0.0287. The molecule has 24 heavy (non-hydrogen) atoms. The summed E-state index contributed by atoms with van der Waals surface area (Å²) in [6.07, 6.45) is 3.20. The molecule has 0 saturated carbocycles. The smallest absolute Gasteiger partial charge is 0.341 e. The van der Waals surface area contributed by atoms with Crippen LogP contribution in [0.15, 0.2) is 47.9 Å². The molecule has 0 unspecified atom stereocenters. The summed E-state index contributed by atoms with van der Waals surface area (Å²) in [5.41, 5.74) is 0.466. The molecular formula is C17H16N4O3. The first-order valence-electron chi connectivity index (χ1n) is 7.46. The second kappa shape index (κ2) is 6.11. The maximum absolute atomic E-state index is 12.8. The van der Waals surface area contributed by atoms with E-state index < -0.39 is 5.97 Å². The number of carbonyl (C=O) groups excluding carboxylic acids is 1. The monoisotopic (exact) mass is 324 g/mol. The van der Waals surface area contributed by atoms with E-state index in [1.54, 1.807) is 37.4 Å². The normalized spacial score (nSPS) is 10.9. The number of hydrogen-bond acceptors (Lipinski definition) is 5. The number of carbonyl (C=O) groups is 1. The lowest BCUT2D eigenvalue weighted by Gasteiger charge is -2.12. The van der Waals surface area contributed by atoms with Crippen LogP contribution in [0.2, 0.25) is 0 Å². The molecule has 0 aliphatic carbocycles. The van der Waals surface area contributed by atoms with E-state index in [0.29, 0.717) is 11.3 Å². The standard InChI is InChI=1S/C17H16N4O3/c1-3-8-21-14(18)11(17(23)24-4-2)10-12-15(21)19-13-7-5-6-9-20(13)16(12)22/h3,5-7,9-10,18H,1,4,8H2,2H3. The van der Waals surface area contributed by atoms with Gasteiger partial charge in [-0.15, -0.1) is 6.58 Å². The van der Waals surface area contributed by atoms with Crippen molar-refractivity contribution in [1.82, 2.24) is 14.0 Å². The first-order chi connectivity index (χ1) is 11.6. The largest absolute Gasteiger partial charge is 0.462 e. The van der Waals surface area contributed by atoms with Crippen molar-refractivity contribution in [3.05, 3.63) is 64.5 Å². The second-order valence-electron chi connectivity index (χ2n) is 5.11. The minimum Gasteiger partial charge on any atom is -0.462 e. The lowest BCUT2D eigenvalue weighted by molar-refractivity contribution is 0.0523. The third kappa shape index (κ3) is 2.40. The molecular weight excluding hydrogens is 308 g/mol. The van der Waals surface area contributed by atoms with Crippen molar-refractivity contribution >= 4 is 22.6 Å². The Kier molecular flexibility index (Phi) is 3.99. The van der Waals surface area contributed by atoms with E-state index in [9.17, 15) is 9.59 Å². The van der Waals surface area contributed by atoms with Crippen LogP contribution in [0.3, 0.4) is 0 Å². The molecule has 0 amide bonds. The van der Waals surface area contributed by atoms with Gasteiger partial charge in [-0.25, -0.2) is 9.78 Å². The van der Waals surface area contributed by atoms with E-state index in [1.807, 2.05) is 0 Å². The number of nitrogens with zero attached hydrogens (tertiary/aromatic N) is 3. The van der Waals surface area contributed by atoms with Gasteiger partial charge in [0.25, 0.3) is 5.56 Å². The van der Waals surface area contributed by atoms with Crippen molar-refractivity contribution < 1.29 is 9.53 Å². The molecule has 0 aliphatic heterocycles. The van der Waals surface area contributed by atoms with Gasteiger partial charge in [-0.05, 0) is 25.1 Å². The Hall–Kier alpha value is -3.22. The highest BCUT2D eigenvalue weighted by Crippen LogP contribution is 2.11. The molecule has 0 spiro atoms. The minimum atomic E-state index is -0.639. The third-order valence-electron chi connectivity index (χ3n) is 3.63. The summed E-state index contributed by atoms with van der Waals surface area (Å²) in [6.45, 7) is 5.79. The topological polar surface area (TPSA) is 89.5 Å². The Balaban J connectivity index is 2.48. The number of ether oxygens (including phenoxy) is 1. The number of pyridine rings is 2. The highest BCUT2D eigenvalue weighted by molar-refractivity contribution is 5.93. The number of rotatable bonds is 4. The Morgan fingerprint density at radius 1 is 1.46 bits per heavy atom. The zero-order valence-corrected chi connectivity index (χ0v) is 13.2. The molecule has 0 radical (unpaired) electrons. The van der Waals surface area contributed by atoms with Crippen molar-refractivity contribution in [2.45, 2.75) is 13.5 Å². The Morgan fingerprint density at radius 3 is 2.96 bits per heavy atom. The highest BCUT2D eigenvalue weighted by Gasteiger charge is 2.17. The Bertz CT molecular complexity index is 1080. The Morgan fingerprint density at radius 2 is 2.25 bits per heavy atom. The summed E-state index contributed by atoms with van der Waals surface area (Å²) in [7, 11) is 0. The lowest BCUT2D eigenvalue weighted by Crippen LogP contribution is -2.30. The van der Waals surface area contributed by atoms with Gasteiger partial charge in [0.1, 0.15) is 22.3 Å². The lowest BCUT2D eigenvalue weighted by atomic mass is 10.2. The van der Waals surface area contributed by atoms with Crippen LogP contribution < -0.4 is 11.0 Å². The van der Waals surface area contributed by atoms with Crippen molar-refractivity contribution in [3.8, 4) is 0 Å². The number of fused-ring (bicyclic) bond motifs is 2. The van der Waals surface area contributed by atoms with E-state index in [1.165, 1.54) is 15.0 Å². The molecule has 3 rings (SSSR count). The van der Waals surface area contributed by atoms with Crippen LogP contribution >= 0.6 is 0 Å². The average molecular weight is 324 g/mol. The fraction of sp³-hybridized carbons (Fsp3) is 0.176. The fourth-order valence-electron chi connectivity index (χ4n) is 2.56. The molecule has 3 heterocycles. The quantitative estimate of drug-likeness (QED) is 0.447. The van der Waals surface area contributed by atoms with Gasteiger partial charge < -0.3 is 9.30 Å². The SMILES string of the molecule is C=CCn1c(=N)c(C(=O)OCC)cc2c(=O)n3ccccc3nc21. The molecule has 0 fully saturated rings. The molecule has 1 N–H and O–H groups in total. The molecule has 0 bridgehead atoms. The molecule has 3 aromatic rings. The molecule has 7 heteroatoms. The molecule has 0 saturated heterocycles. The van der Waals surface area contributed by atoms with Crippen LogP contribution in [0, 0.1) is 5.41 Å². The van der Waals surface area contributed by atoms with E-state index in [0.717, 1.165) is 0 Å². The molecule has 3 aromatic heterocycles. The van der Waals surface area contributed by atoms with E-state index >= 15 is 0 Å². The summed E-state index contributed by atoms with van der Waals surface area (Å²) in [4.78, 5) is 29.4. The zero-order chi connectivity index (χ0) is 17.3. The van der Waals surface area contributed by atoms with Crippen molar-refractivity contribution in [2.75, 3.05) is 6.61 Å². The molecule has 0 atom stereocenters. The summed E-state index contributed by atoms with van der Waals surface area (Å²) >= 11 is 0. The maximum atomic E-state index is 12.8. The molecule has 0 aliphatic rings. The van der Waals surface area contributed by atoms with Gasteiger partial charge in [-0.3, -0.25) is 14.6 Å². The van der Waals surface area contributed by atoms with Crippen LogP contribution in [-0.2, 0) is 11.3 Å². The summed E-state index contributed by atoms with van der Waals surface area (Å²) in [5.74, 6) is -0.639. The molecule has 0 aromatic carbocycles. The summed E-state index contributed by atoms with van der Waals surface area (Å²) in [6, 6.07) is 6.59. The second-order valence-corrected chi connectivity index (χ2v) is 5.11. The van der Waals surface area contributed by atoms with Crippen LogP contribution in [0.4, 0.5) is 0 Å². The summed E-state index contributed by atoms with van der Waals surface area (Å²) in [5, 5.41) is 8.53. The van der Waals surface area contributed by atoms with E-state index in [4.69, 9.17) is 10.1 Å². The first kappa shape index (κ1) is 15.7. The summed E-state index contributed by atoms with van der Waals surface area (Å²) < 4.78 is 7.87. The Labute approximate surface area is 137 Å². The van der Waals surface area contributed by atoms with Gasteiger partial charge in [0.15, 0.2) is 0 Å². The fourth-order valence-corrected chi connectivity index (χ4v) is 2.56. The van der Waals surface area contributed by atoms with Gasteiger partial charge in [0.05, 0.1) is 12.0 Å². The molecule has 122 valence electrons. The zero-order valence-electron chi connectivity index (χ0n) is 13.2. The van der Waals surface area contributed by atoms with Crippen molar-refractivity contribution in [2.24, 2.45) is 0 Å². The average Bonchev–Trinajstić information content (AvgIpc) is 2.58. The molecule has 7 nitrogen and oxygen atoms in total. The van der Waals surface area contributed by atoms with Crippen LogP contribution in [0.1, 0.15) is 17.3 Å². The number of nitrogens with one attached hydrogen (secondary N) is 1. The van der Waals surface area contributed by atoms with E-state index in [2.05, 4.69) is 11.6 Å². The van der Waals surface area contributed by atoms with Crippen molar-refractivity contribution in [1.29, 1.82) is 5.41 Å². The van der Waals surface area contributed by atoms with Gasteiger partial charge in [-0.1, -0.05) is 12.1 Å². The maximum Gasteiger partial charge on any atom is 0.341 e. The number of aromatic nitrogens is 3. The van der Waals surface area contributed by atoms with Crippen LogP contribution in [0.5, 0.6) is 0 Å². The predicted octanol–water partition coefficient (Wildman–Crippen LogP) is 1.49. The van der Waals surface area contributed by atoms with Gasteiger partial charge in [-0.2, -0.15) is 0 Å². The van der Waals surface area contributed by atoms with Crippen LogP contribution in [-0.4, -0.2) is 26.5 Å². The number of allylic oxidation sites excluding steroid dienone is 1. The first-order valence-corrected chi connectivity index (χ1v) is 7.46. The van der Waals surface area contributed by atoms with Crippen LogP contribution in [0.25, 0.3) is 16.7 Å². The van der Waals surface area contributed by atoms with Gasteiger partial charge in [0, 0.05) is 12.7 Å². The van der Waals surface area contributed by atoms with Gasteiger partial charge in [0.2, 0.25) is 0 Å². The number of hydrogen-bond donors (Lipinski definition) is 1. The highest BCUT2D eigenvalue weighted by atomic mass is 16.5. The predicted molar refractivity (Wildman–Crippen MR) is 89.0 cm³/mol. The van der Waals surface area contributed by atoms with Crippen molar-refractivity contribution in [3.63, 3.8) is 0 Å².